The third-order valence-electron chi connectivity index (χ3n) is 9.10. The Bertz CT molecular complexity index is 2390. The molecule has 0 aliphatic carbocycles. The standard InChI is InChI=1S/C44H39NO7S4/c1-48-53-34-13-5-9-27(19-34)38-25-39-41(28-10-6-14-35(20-28)54-49-2)31(17-18-33-23-32(46)24-40(47)52-33)26-45-44(39)43(30-12-8-16-37(22-30)56-51-4)42(38)29-11-7-15-36(21-29)55-50-3/h5-22,25-26,32-33,46H,23-24H2,1-4H3/b18-17+/t32-,33-/m1/s1. The zero-order valence-corrected chi connectivity index (χ0v) is 34.4. The number of benzene rings is 5. The van der Waals surface area contributed by atoms with Crippen molar-refractivity contribution in [3.63, 3.8) is 0 Å². The van der Waals surface area contributed by atoms with Gasteiger partial charge in [0.1, 0.15) is 6.10 Å². The van der Waals surface area contributed by atoms with Crippen LogP contribution in [0.4, 0.5) is 0 Å². The van der Waals surface area contributed by atoms with E-state index in [0.29, 0.717) is 6.42 Å². The van der Waals surface area contributed by atoms with Gasteiger partial charge in [0.15, 0.2) is 0 Å². The normalized spacial score (nSPS) is 15.8. The molecule has 1 aliphatic rings. The smallest absolute Gasteiger partial charge is 0.309 e. The third kappa shape index (κ3) is 9.21. The summed E-state index contributed by atoms with van der Waals surface area (Å²) in [6.45, 7) is 0. The first-order valence-electron chi connectivity index (χ1n) is 17.7. The maximum Gasteiger partial charge on any atom is 0.309 e. The molecule has 1 saturated heterocycles. The van der Waals surface area contributed by atoms with Crippen LogP contribution in [-0.2, 0) is 26.3 Å². The number of nitrogens with zero attached hydrogens (tertiary/aromatic N) is 1. The van der Waals surface area contributed by atoms with Gasteiger partial charge in [-0.25, -0.2) is 0 Å². The lowest BCUT2D eigenvalue weighted by atomic mass is 9.83. The summed E-state index contributed by atoms with van der Waals surface area (Å²) in [5.41, 5.74) is 9.42. The number of fused-ring (bicyclic) bond motifs is 1. The molecule has 1 aliphatic heterocycles. The molecule has 5 aromatic carbocycles. The van der Waals surface area contributed by atoms with Crippen LogP contribution >= 0.6 is 48.2 Å². The average molecular weight is 822 g/mol. The van der Waals surface area contributed by atoms with Crippen molar-refractivity contribution < 1.29 is 31.4 Å². The Kier molecular flexibility index (Phi) is 13.5. The Morgan fingerprint density at radius 2 is 1.14 bits per heavy atom. The first-order chi connectivity index (χ1) is 27.4. The van der Waals surface area contributed by atoms with Crippen molar-refractivity contribution in [1.82, 2.24) is 4.98 Å². The minimum Gasteiger partial charge on any atom is -0.458 e. The van der Waals surface area contributed by atoms with E-state index in [1.165, 1.54) is 48.2 Å². The van der Waals surface area contributed by atoms with Crippen molar-refractivity contribution in [3.8, 4) is 44.5 Å². The SMILES string of the molecule is COSc1cccc(-c2cc3c(-c4cccc(SOC)c4)c(/C=C/[C@@H]4C[C@@H](O)CC(=O)O4)cnc3c(-c3cccc(SOC)c3)c2-c2cccc(SOC)c2)c1. The van der Waals surface area contributed by atoms with E-state index in [4.69, 9.17) is 26.5 Å². The van der Waals surface area contributed by atoms with Gasteiger partial charge in [-0.1, -0.05) is 54.6 Å². The second kappa shape index (κ2) is 18.9. The number of esters is 1. The van der Waals surface area contributed by atoms with E-state index in [2.05, 4.69) is 54.6 Å². The minimum absolute atomic E-state index is 0.00773. The highest BCUT2D eigenvalue weighted by Crippen LogP contribution is 2.48. The number of carbonyl (C=O) groups is 1. The Labute approximate surface area is 344 Å². The fraction of sp³-hybridized carbons (Fsp3) is 0.182. The number of hydrogen-bond acceptors (Lipinski definition) is 12. The van der Waals surface area contributed by atoms with Gasteiger partial charge >= 0.3 is 5.97 Å². The van der Waals surface area contributed by atoms with Crippen LogP contribution in [0.1, 0.15) is 18.4 Å². The van der Waals surface area contributed by atoms with Crippen molar-refractivity contribution in [3.05, 3.63) is 121 Å². The lowest BCUT2D eigenvalue weighted by molar-refractivity contribution is -0.156. The highest BCUT2D eigenvalue weighted by atomic mass is 32.2. The Balaban J connectivity index is 1.61. The largest absolute Gasteiger partial charge is 0.458 e. The highest BCUT2D eigenvalue weighted by Gasteiger charge is 2.26. The number of aliphatic hydroxyl groups is 1. The van der Waals surface area contributed by atoms with Crippen LogP contribution in [0.15, 0.2) is 135 Å². The molecule has 1 N–H and O–H groups in total. The van der Waals surface area contributed by atoms with Crippen molar-refractivity contribution >= 4 is 71.1 Å². The van der Waals surface area contributed by atoms with Crippen molar-refractivity contribution in [2.24, 2.45) is 0 Å². The molecule has 56 heavy (non-hydrogen) atoms. The van der Waals surface area contributed by atoms with Gasteiger partial charge in [-0.15, -0.1) is 0 Å². The molecule has 0 radical (unpaired) electrons. The predicted octanol–water partition coefficient (Wildman–Crippen LogP) is 11.6. The van der Waals surface area contributed by atoms with E-state index in [0.717, 1.165) is 80.6 Å². The topological polar surface area (TPSA) is 96.3 Å². The summed E-state index contributed by atoms with van der Waals surface area (Å²) in [4.78, 5) is 21.3. The van der Waals surface area contributed by atoms with Crippen molar-refractivity contribution in [2.75, 3.05) is 28.4 Å². The Hall–Kier alpha value is -4.08. The number of pyridine rings is 1. The van der Waals surface area contributed by atoms with Crippen molar-refractivity contribution in [2.45, 2.75) is 44.6 Å². The summed E-state index contributed by atoms with van der Waals surface area (Å²) < 4.78 is 27.6. The molecule has 2 atom stereocenters. The molecule has 8 nitrogen and oxygen atoms in total. The van der Waals surface area contributed by atoms with E-state index in [-0.39, 0.29) is 6.42 Å². The van der Waals surface area contributed by atoms with E-state index >= 15 is 0 Å². The number of ether oxygens (including phenoxy) is 1. The van der Waals surface area contributed by atoms with Crippen LogP contribution < -0.4 is 0 Å². The summed E-state index contributed by atoms with van der Waals surface area (Å²) in [5, 5.41) is 11.3. The summed E-state index contributed by atoms with van der Waals surface area (Å²) in [6, 6.07) is 35.4. The van der Waals surface area contributed by atoms with Crippen LogP contribution in [0.25, 0.3) is 61.5 Å². The molecule has 1 aromatic heterocycles. The van der Waals surface area contributed by atoms with E-state index < -0.39 is 18.2 Å². The number of hydrogen-bond donors (Lipinski definition) is 1. The molecule has 12 heteroatoms. The maximum absolute atomic E-state index is 12.3. The molecule has 6 aromatic rings. The summed E-state index contributed by atoms with van der Waals surface area (Å²) in [7, 11) is 6.65. The molecular weight excluding hydrogens is 783 g/mol. The van der Waals surface area contributed by atoms with Gasteiger partial charge < -0.3 is 26.6 Å². The molecule has 0 spiro atoms. The first kappa shape index (κ1) is 40.1. The first-order valence-corrected chi connectivity index (χ1v) is 20.7. The zero-order chi connectivity index (χ0) is 39.0. The van der Waals surface area contributed by atoms with Gasteiger partial charge in [0.2, 0.25) is 0 Å². The lowest BCUT2D eigenvalue weighted by Gasteiger charge is -2.24. The predicted molar refractivity (Wildman–Crippen MR) is 229 cm³/mol. The number of carbonyl (C=O) groups excluding carboxylic acids is 1. The average Bonchev–Trinajstić information content (AvgIpc) is 3.20. The summed E-state index contributed by atoms with van der Waals surface area (Å²) >= 11 is 5.21. The van der Waals surface area contributed by atoms with Gasteiger partial charge in [-0.3, -0.25) is 9.78 Å². The quantitative estimate of drug-likeness (QED) is 0.0837. The van der Waals surface area contributed by atoms with Gasteiger partial charge in [0.25, 0.3) is 0 Å². The van der Waals surface area contributed by atoms with E-state index in [9.17, 15) is 9.90 Å². The van der Waals surface area contributed by atoms with Gasteiger partial charge in [0, 0.05) is 96.9 Å². The van der Waals surface area contributed by atoms with Crippen molar-refractivity contribution in [1.29, 1.82) is 0 Å². The number of aliphatic hydroxyl groups excluding tert-OH is 1. The molecule has 0 bridgehead atoms. The summed E-state index contributed by atoms with van der Waals surface area (Å²) in [5.74, 6) is -0.419. The fourth-order valence-corrected chi connectivity index (χ4v) is 8.96. The van der Waals surface area contributed by atoms with Crippen LogP contribution in [0.3, 0.4) is 0 Å². The van der Waals surface area contributed by atoms with Gasteiger partial charge in [-0.05, 0) is 99.6 Å². The Morgan fingerprint density at radius 1 is 0.661 bits per heavy atom. The molecule has 0 saturated carbocycles. The summed E-state index contributed by atoms with van der Waals surface area (Å²) in [6.07, 6.45) is 4.64. The second-order valence-corrected chi connectivity index (χ2v) is 16.6. The van der Waals surface area contributed by atoms with Crippen LogP contribution in [0, 0.1) is 0 Å². The molecule has 286 valence electrons. The van der Waals surface area contributed by atoms with Crippen LogP contribution in [-0.4, -0.2) is 56.7 Å². The zero-order valence-electron chi connectivity index (χ0n) is 31.1. The molecular formula is C44H39NO7S4. The minimum atomic E-state index is -0.758. The van der Waals surface area contributed by atoms with Gasteiger partial charge in [0.05, 0.1) is 46.5 Å². The second-order valence-electron chi connectivity index (χ2n) is 12.8. The molecule has 1 fully saturated rings. The fourth-order valence-electron chi connectivity index (χ4n) is 6.96. The Morgan fingerprint density at radius 3 is 1.66 bits per heavy atom. The highest BCUT2D eigenvalue weighted by molar-refractivity contribution is 7.95. The van der Waals surface area contributed by atoms with Gasteiger partial charge in [-0.2, -0.15) is 0 Å². The lowest BCUT2D eigenvalue weighted by Crippen LogP contribution is -2.31. The number of cyclic esters (lactones) is 1. The molecule has 0 unspecified atom stereocenters. The molecule has 7 rings (SSSR count). The third-order valence-corrected chi connectivity index (χ3v) is 11.6. The maximum atomic E-state index is 12.3. The number of aromatic nitrogens is 1. The van der Waals surface area contributed by atoms with E-state index in [1.807, 2.05) is 66.9 Å². The van der Waals surface area contributed by atoms with Crippen LogP contribution in [0.5, 0.6) is 0 Å². The number of rotatable bonds is 14. The monoisotopic (exact) mass is 821 g/mol. The molecule has 2 heterocycles. The van der Waals surface area contributed by atoms with Crippen LogP contribution in [0.2, 0.25) is 0 Å². The molecule has 0 amide bonds. The van der Waals surface area contributed by atoms with E-state index in [1.54, 1.807) is 28.4 Å².